The number of halogens is 1. The fourth-order valence-electron chi connectivity index (χ4n) is 1.56. The van der Waals surface area contributed by atoms with Crippen molar-refractivity contribution in [3.8, 4) is 0 Å². The number of aliphatic hydroxyl groups is 1. The van der Waals surface area contributed by atoms with Crippen molar-refractivity contribution in [2.24, 2.45) is 0 Å². The first-order valence-electron chi connectivity index (χ1n) is 5.21. The molecule has 0 saturated carbocycles. The van der Waals surface area contributed by atoms with Gasteiger partial charge >= 0.3 is 0 Å². The van der Waals surface area contributed by atoms with Crippen LogP contribution in [-0.4, -0.2) is 10.9 Å². The van der Waals surface area contributed by atoms with E-state index in [1.165, 1.54) is 0 Å². The smallest absolute Gasteiger partial charge is 0.195 e. The van der Waals surface area contributed by atoms with Crippen molar-refractivity contribution in [2.75, 3.05) is 0 Å². The fourth-order valence-corrected chi connectivity index (χ4v) is 1.68. The lowest BCUT2D eigenvalue weighted by atomic mass is 10.0. The van der Waals surface area contributed by atoms with Gasteiger partial charge in [-0.05, 0) is 29.8 Å². The molecular weight excluding hydrogens is 236 g/mol. The zero-order valence-electron chi connectivity index (χ0n) is 9.01. The Kier molecular flexibility index (Phi) is 3.57. The first-order valence-corrected chi connectivity index (χ1v) is 5.59. The van der Waals surface area contributed by atoms with Crippen LogP contribution in [0.4, 0.5) is 0 Å². The first-order chi connectivity index (χ1) is 8.18. The van der Waals surface area contributed by atoms with Gasteiger partial charge in [-0.1, -0.05) is 41.9 Å². The summed E-state index contributed by atoms with van der Waals surface area (Å²) < 4.78 is 0. The molecule has 1 atom stereocenters. The summed E-state index contributed by atoms with van der Waals surface area (Å²) >= 11 is 5.74. The van der Waals surface area contributed by atoms with E-state index in [4.69, 9.17) is 11.6 Å². The molecule has 1 N–H and O–H groups in total. The summed E-state index contributed by atoms with van der Waals surface area (Å²) in [5, 5.41) is 10.5. The van der Waals surface area contributed by atoms with Crippen molar-refractivity contribution in [1.82, 2.24) is 0 Å². The Morgan fingerprint density at radius 3 is 2.18 bits per heavy atom. The second-order valence-electron chi connectivity index (χ2n) is 3.68. The van der Waals surface area contributed by atoms with Crippen molar-refractivity contribution in [3.63, 3.8) is 0 Å². The van der Waals surface area contributed by atoms with Crippen molar-refractivity contribution in [1.29, 1.82) is 0 Å². The highest BCUT2D eigenvalue weighted by molar-refractivity contribution is 6.30. The molecule has 0 amide bonds. The highest BCUT2D eigenvalue weighted by atomic mass is 35.5. The van der Waals surface area contributed by atoms with Gasteiger partial charge in [0, 0.05) is 10.6 Å². The van der Waals surface area contributed by atoms with Gasteiger partial charge in [0.2, 0.25) is 0 Å². The van der Waals surface area contributed by atoms with Crippen molar-refractivity contribution in [2.45, 2.75) is 6.10 Å². The van der Waals surface area contributed by atoms with Crippen LogP contribution in [0.1, 0.15) is 22.0 Å². The summed E-state index contributed by atoms with van der Waals surface area (Å²) in [4.78, 5) is 12.0. The van der Waals surface area contributed by atoms with Gasteiger partial charge < -0.3 is 5.11 Å². The Hall–Kier alpha value is -1.64. The Bertz CT molecular complexity index is 506. The minimum atomic E-state index is -1.13. The van der Waals surface area contributed by atoms with Gasteiger partial charge in [-0.25, -0.2) is 0 Å². The van der Waals surface area contributed by atoms with E-state index in [9.17, 15) is 9.90 Å². The molecule has 0 aliphatic rings. The lowest BCUT2D eigenvalue weighted by Crippen LogP contribution is -2.11. The van der Waals surface area contributed by atoms with Crippen LogP contribution in [-0.2, 0) is 0 Å². The molecule has 2 aromatic carbocycles. The summed E-state index contributed by atoms with van der Waals surface area (Å²) in [7, 11) is 0. The van der Waals surface area contributed by atoms with Crippen LogP contribution in [0.25, 0.3) is 0 Å². The van der Waals surface area contributed by atoms with Crippen LogP contribution in [0.15, 0.2) is 54.6 Å². The van der Waals surface area contributed by atoms with Crippen LogP contribution in [0.2, 0.25) is 5.02 Å². The molecule has 0 bridgehead atoms. The molecule has 0 saturated heterocycles. The zero-order chi connectivity index (χ0) is 12.3. The lowest BCUT2D eigenvalue weighted by Gasteiger charge is -2.09. The summed E-state index contributed by atoms with van der Waals surface area (Å²) in [6, 6.07) is 15.3. The van der Waals surface area contributed by atoms with Crippen LogP contribution < -0.4 is 0 Å². The van der Waals surface area contributed by atoms with Crippen LogP contribution >= 0.6 is 11.6 Å². The van der Waals surface area contributed by atoms with E-state index < -0.39 is 6.10 Å². The van der Waals surface area contributed by atoms with E-state index in [0.717, 1.165) is 0 Å². The standard InChI is InChI=1S/C14H11ClO2/c15-12-8-6-11(7-9-12)14(17)13(16)10-4-2-1-3-5-10/h1-9,13,16H. The van der Waals surface area contributed by atoms with Crippen molar-refractivity contribution >= 4 is 17.4 Å². The average molecular weight is 247 g/mol. The van der Waals surface area contributed by atoms with Gasteiger partial charge in [-0.15, -0.1) is 0 Å². The number of aliphatic hydroxyl groups excluding tert-OH is 1. The number of Topliss-reactive ketones (excluding diaryl/α,β-unsaturated/α-hetero) is 1. The number of hydrogen-bond acceptors (Lipinski definition) is 2. The van der Waals surface area contributed by atoms with E-state index >= 15 is 0 Å². The second kappa shape index (κ2) is 5.13. The SMILES string of the molecule is O=C(c1ccc(Cl)cc1)C(O)c1ccccc1. The quantitative estimate of drug-likeness (QED) is 0.844. The van der Waals surface area contributed by atoms with Crippen LogP contribution in [0.5, 0.6) is 0 Å². The van der Waals surface area contributed by atoms with Gasteiger partial charge in [0.05, 0.1) is 0 Å². The third-order valence-electron chi connectivity index (χ3n) is 2.49. The van der Waals surface area contributed by atoms with E-state index in [-0.39, 0.29) is 5.78 Å². The summed E-state index contributed by atoms with van der Waals surface area (Å²) in [6.45, 7) is 0. The average Bonchev–Trinajstić information content (AvgIpc) is 2.39. The normalized spacial score (nSPS) is 12.1. The van der Waals surface area contributed by atoms with E-state index in [2.05, 4.69) is 0 Å². The lowest BCUT2D eigenvalue weighted by molar-refractivity contribution is 0.0747. The maximum Gasteiger partial charge on any atom is 0.195 e. The van der Waals surface area contributed by atoms with E-state index in [1.807, 2.05) is 6.07 Å². The van der Waals surface area contributed by atoms with E-state index in [1.54, 1.807) is 48.5 Å². The largest absolute Gasteiger partial charge is 0.380 e. The molecule has 17 heavy (non-hydrogen) atoms. The Morgan fingerprint density at radius 1 is 1.00 bits per heavy atom. The molecule has 2 aromatic rings. The number of hydrogen-bond donors (Lipinski definition) is 1. The summed E-state index contributed by atoms with van der Waals surface area (Å²) in [5.41, 5.74) is 1.04. The molecule has 0 fully saturated rings. The van der Waals surface area contributed by atoms with Gasteiger partial charge in [0.1, 0.15) is 6.10 Å². The number of carbonyl (C=O) groups is 1. The third-order valence-corrected chi connectivity index (χ3v) is 2.74. The molecule has 2 rings (SSSR count). The maximum atomic E-state index is 12.0. The zero-order valence-corrected chi connectivity index (χ0v) is 9.76. The molecule has 0 radical (unpaired) electrons. The molecule has 1 unspecified atom stereocenters. The second-order valence-corrected chi connectivity index (χ2v) is 4.12. The van der Waals surface area contributed by atoms with Crippen LogP contribution in [0.3, 0.4) is 0 Å². The number of ketones is 1. The predicted molar refractivity (Wildman–Crippen MR) is 67.2 cm³/mol. The molecule has 0 spiro atoms. The number of carbonyl (C=O) groups excluding carboxylic acids is 1. The molecular formula is C14H11ClO2. The van der Waals surface area contributed by atoms with Gasteiger partial charge in [0.25, 0.3) is 0 Å². The van der Waals surface area contributed by atoms with Gasteiger partial charge in [-0.3, -0.25) is 4.79 Å². The molecule has 3 heteroatoms. The van der Waals surface area contributed by atoms with Crippen molar-refractivity contribution in [3.05, 3.63) is 70.7 Å². The Labute approximate surface area is 104 Å². The summed E-state index contributed by atoms with van der Waals surface area (Å²) in [5.74, 6) is -0.326. The van der Waals surface area contributed by atoms with Crippen LogP contribution in [0, 0.1) is 0 Å². The maximum absolute atomic E-state index is 12.0. The number of benzene rings is 2. The molecule has 0 heterocycles. The fraction of sp³-hybridized carbons (Fsp3) is 0.0714. The molecule has 0 aliphatic carbocycles. The number of rotatable bonds is 3. The molecule has 0 aromatic heterocycles. The van der Waals surface area contributed by atoms with Crippen molar-refractivity contribution < 1.29 is 9.90 Å². The minimum Gasteiger partial charge on any atom is -0.380 e. The molecule has 0 aliphatic heterocycles. The highest BCUT2D eigenvalue weighted by Gasteiger charge is 2.18. The van der Waals surface area contributed by atoms with Gasteiger partial charge in [0.15, 0.2) is 5.78 Å². The highest BCUT2D eigenvalue weighted by Crippen LogP contribution is 2.19. The minimum absolute atomic E-state index is 0.326. The Morgan fingerprint density at radius 2 is 1.59 bits per heavy atom. The van der Waals surface area contributed by atoms with Gasteiger partial charge in [-0.2, -0.15) is 0 Å². The molecule has 2 nitrogen and oxygen atoms in total. The summed E-state index contributed by atoms with van der Waals surface area (Å²) in [6.07, 6.45) is -1.13. The first kappa shape index (κ1) is 11.8. The Balaban J connectivity index is 2.23. The molecule has 86 valence electrons. The monoisotopic (exact) mass is 246 g/mol. The topological polar surface area (TPSA) is 37.3 Å². The third kappa shape index (κ3) is 2.73. The predicted octanol–water partition coefficient (Wildman–Crippen LogP) is 3.26. The van der Waals surface area contributed by atoms with E-state index in [0.29, 0.717) is 16.1 Å².